The number of para-hydroxylation sites is 1. The van der Waals surface area contributed by atoms with Crippen LogP contribution in [0.15, 0.2) is 30.5 Å². The SMILES string of the molecule is CCOC(=O)CC1NCCN(CCc2c[nH]c3ccccc23)C1=O. The average Bonchev–Trinajstić information content (AvgIpc) is 2.99. The standard InChI is InChI=1S/C18H23N3O3/c1-2-24-17(22)11-16-18(23)21(10-8-19-16)9-7-13-12-20-15-6-4-3-5-14(13)15/h3-6,12,16,19-20H,2,7-11H2,1H3. The summed E-state index contributed by atoms with van der Waals surface area (Å²) >= 11 is 0. The van der Waals surface area contributed by atoms with Crippen LogP contribution in [0.2, 0.25) is 0 Å². The number of ether oxygens (including phenoxy) is 1. The monoisotopic (exact) mass is 329 g/mol. The molecule has 1 aromatic carbocycles. The number of aromatic nitrogens is 1. The number of nitrogens with one attached hydrogen (secondary N) is 2. The molecule has 3 rings (SSSR count). The van der Waals surface area contributed by atoms with Crippen LogP contribution < -0.4 is 5.32 Å². The van der Waals surface area contributed by atoms with Gasteiger partial charge in [0.25, 0.3) is 0 Å². The molecule has 6 heteroatoms. The van der Waals surface area contributed by atoms with E-state index in [4.69, 9.17) is 4.74 Å². The van der Waals surface area contributed by atoms with Gasteiger partial charge in [0, 0.05) is 36.7 Å². The topological polar surface area (TPSA) is 74.4 Å². The lowest BCUT2D eigenvalue weighted by Gasteiger charge is -2.32. The van der Waals surface area contributed by atoms with Gasteiger partial charge in [0.05, 0.1) is 19.1 Å². The molecule has 1 atom stereocenters. The van der Waals surface area contributed by atoms with Gasteiger partial charge in [0.1, 0.15) is 0 Å². The van der Waals surface area contributed by atoms with Crippen LogP contribution >= 0.6 is 0 Å². The number of nitrogens with zero attached hydrogens (tertiary/aromatic N) is 1. The Morgan fingerprint density at radius 2 is 2.21 bits per heavy atom. The summed E-state index contributed by atoms with van der Waals surface area (Å²) in [6, 6.07) is 7.68. The van der Waals surface area contributed by atoms with Crippen LogP contribution in [-0.2, 0) is 20.7 Å². The van der Waals surface area contributed by atoms with Crippen LogP contribution in [0.1, 0.15) is 18.9 Å². The number of H-pyrrole nitrogens is 1. The third kappa shape index (κ3) is 3.59. The Morgan fingerprint density at radius 3 is 3.04 bits per heavy atom. The number of fused-ring (bicyclic) bond motifs is 1. The minimum atomic E-state index is -0.472. The first-order valence-electron chi connectivity index (χ1n) is 8.42. The van der Waals surface area contributed by atoms with Gasteiger partial charge >= 0.3 is 5.97 Å². The van der Waals surface area contributed by atoms with E-state index in [9.17, 15) is 9.59 Å². The fourth-order valence-electron chi connectivity index (χ4n) is 3.15. The van der Waals surface area contributed by atoms with Gasteiger partial charge in [-0.1, -0.05) is 18.2 Å². The fraction of sp³-hybridized carbons (Fsp3) is 0.444. The lowest BCUT2D eigenvalue weighted by molar-refractivity contribution is -0.148. The number of piperazine rings is 1. The molecule has 1 unspecified atom stereocenters. The van der Waals surface area contributed by atoms with E-state index < -0.39 is 6.04 Å². The van der Waals surface area contributed by atoms with E-state index in [1.54, 1.807) is 6.92 Å². The first-order chi connectivity index (χ1) is 11.7. The molecule has 2 N–H and O–H groups in total. The maximum Gasteiger partial charge on any atom is 0.307 e. The molecule has 0 saturated carbocycles. The molecule has 24 heavy (non-hydrogen) atoms. The van der Waals surface area contributed by atoms with Crippen molar-refractivity contribution in [1.82, 2.24) is 15.2 Å². The summed E-state index contributed by atoms with van der Waals surface area (Å²) in [6.45, 7) is 4.12. The van der Waals surface area contributed by atoms with Gasteiger partial charge in [-0.3, -0.25) is 9.59 Å². The summed E-state index contributed by atoms with van der Waals surface area (Å²) in [6.07, 6.45) is 2.89. The normalized spacial score (nSPS) is 18.1. The van der Waals surface area contributed by atoms with Crippen LogP contribution in [0.4, 0.5) is 0 Å². The molecule has 2 aromatic rings. The van der Waals surface area contributed by atoms with E-state index in [1.807, 2.05) is 29.3 Å². The lowest BCUT2D eigenvalue weighted by Crippen LogP contribution is -2.56. The molecule has 1 aliphatic rings. The van der Waals surface area contributed by atoms with Crippen molar-refractivity contribution in [2.75, 3.05) is 26.2 Å². The second-order valence-electron chi connectivity index (χ2n) is 5.95. The molecule has 6 nitrogen and oxygen atoms in total. The summed E-state index contributed by atoms with van der Waals surface area (Å²) in [5, 5.41) is 4.31. The molecule has 1 aromatic heterocycles. The third-order valence-corrected chi connectivity index (χ3v) is 4.38. The highest BCUT2D eigenvalue weighted by Crippen LogP contribution is 2.18. The molecule has 0 aliphatic carbocycles. The van der Waals surface area contributed by atoms with Crippen molar-refractivity contribution in [3.63, 3.8) is 0 Å². The van der Waals surface area contributed by atoms with Crippen LogP contribution in [0.5, 0.6) is 0 Å². The third-order valence-electron chi connectivity index (χ3n) is 4.38. The number of benzene rings is 1. The van der Waals surface area contributed by atoms with E-state index in [0.29, 0.717) is 26.2 Å². The number of aromatic amines is 1. The maximum atomic E-state index is 12.5. The molecule has 1 saturated heterocycles. The Labute approximate surface area is 141 Å². The molecule has 0 radical (unpaired) electrons. The van der Waals surface area contributed by atoms with Crippen molar-refractivity contribution in [3.8, 4) is 0 Å². The molecular weight excluding hydrogens is 306 g/mol. The Morgan fingerprint density at radius 1 is 1.38 bits per heavy atom. The van der Waals surface area contributed by atoms with Gasteiger partial charge in [-0.15, -0.1) is 0 Å². The Hall–Kier alpha value is -2.34. The van der Waals surface area contributed by atoms with Crippen molar-refractivity contribution < 1.29 is 14.3 Å². The van der Waals surface area contributed by atoms with E-state index in [-0.39, 0.29) is 18.3 Å². The number of hydrogen-bond acceptors (Lipinski definition) is 4. The zero-order chi connectivity index (χ0) is 16.9. The zero-order valence-corrected chi connectivity index (χ0v) is 13.9. The minimum absolute atomic E-state index is 0.0193. The van der Waals surface area contributed by atoms with E-state index in [1.165, 1.54) is 10.9 Å². The van der Waals surface area contributed by atoms with E-state index in [0.717, 1.165) is 11.9 Å². The lowest BCUT2D eigenvalue weighted by atomic mass is 10.1. The second kappa shape index (κ2) is 7.49. The Balaban J connectivity index is 1.60. The Bertz CT molecular complexity index is 725. The number of amides is 1. The molecule has 0 bridgehead atoms. The predicted molar refractivity (Wildman–Crippen MR) is 91.6 cm³/mol. The van der Waals surface area contributed by atoms with Crippen molar-refractivity contribution in [2.45, 2.75) is 25.8 Å². The summed E-state index contributed by atoms with van der Waals surface area (Å²) in [5.74, 6) is -0.351. The summed E-state index contributed by atoms with van der Waals surface area (Å²) in [5.41, 5.74) is 2.32. The highest BCUT2D eigenvalue weighted by Gasteiger charge is 2.30. The molecular formula is C18H23N3O3. The van der Waals surface area contributed by atoms with Crippen LogP contribution in [0, 0.1) is 0 Å². The fourth-order valence-corrected chi connectivity index (χ4v) is 3.15. The number of hydrogen-bond donors (Lipinski definition) is 2. The first kappa shape index (κ1) is 16.5. The van der Waals surface area contributed by atoms with Gasteiger partial charge < -0.3 is 19.9 Å². The van der Waals surface area contributed by atoms with Crippen molar-refractivity contribution in [2.24, 2.45) is 0 Å². The van der Waals surface area contributed by atoms with Crippen molar-refractivity contribution >= 4 is 22.8 Å². The zero-order valence-electron chi connectivity index (χ0n) is 13.9. The van der Waals surface area contributed by atoms with Gasteiger partial charge in [0.15, 0.2) is 0 Å². The summed E-state index contributed by atoms with van der Waals surface area (Å²) in [4.78, 5) is 29.2. The van der Waals surface area contributed by atoms with Crippen LogP contribution in [-0.4, -0.2) is 54.0 Å². The highest BCUT2D eigenvalue weighted by atomic mass is 16.5. The average molecular weight is 329 g/mol. The summed E-state index contributed by atoms with van der Waals surface area (Å²) in [7, 11) is 0. The predicted octanol–water partition coefficient (Wildman–Crippen LogP) is 1.46. The van der Waals surface area contributed by atoms with Gasteiger partial charge in [-0.2, -0.15) is 0 Å². The van der Waals surface area contributed by atoms with Crippen molar-refractivity contribution in [3.05, 3.63) is 36.0 Å². The molecule has 2 heterocycles. The smallest absolute Gasteiger partial charge is 0.307 e. The number of rotatable bonds is 6. The molecule has 1 amide bonds. The highest BCUT2D eigenvalue weighted by molar-refractivity contribution is 5.87. The van der Waals surface area contributed by atoms with Crippen LogP contribution in [0.25, 0.3) is 10.9 Å². The van der Waals surface area contributed by atoms with Crippen molar-refractivity contribution in [1.29, 1.82) is 0 Å². The minimum Gasteiger partial charge on any atom is -0.466 e. The first-order valence-corrected chi connectivity index (χ1v) is 8.42. The quantitative estimate of drug-likeness (QED) is 0.787. The van der Waals surface area contributed by atoms with E-state index >= 15 is 0 Å². The van der Waals surface area contributed by atoms with Gasteiger partial charge in [-0.25, -0.2) is 0 Å². The maximum absolute atomic E-state index is 12.5. The molecule has 128 valence electrons. The number of carbonyl (C=O) groups excluding carboxylic acids is 2. The summed E-state index contributed by atoms with van der Waals surface area (Å²) < 4.78 is 4.94. The second-order valence-corrected chi connectivity index (χ2v) is 5.95. The Kier molecular flexibility index (Phi) is 5.15. The molecule has 1 fully saturated rings. The van der Waals surface area contributed by atoms with E-state index in [2.05, 4.69) is 16.4 Å². The molecule has 0 spiro atoms. The molecule has 1 aliphatic heterocycles. The van der Waals surface area contributed by atoms with Gasteiger partial charge in [0.2, 0.25) is 5.91 Å². The largest absolute Gasteiger partial charge is 0.466 e. The number of carbonyl (C=O) groups is 2. The van der Waals surface area contributed by atoms with Gasteiger partial charge in [-0.05, 0) is 25.0 Å². The van der Waals surface area contributed by atoms with Crippen LogP contribution in [0.3, 0.4) is 0 Å². The number of esters is 1.